The van der Waals surface area contributed by atoms with Crippen molar-refractivity contribution in [1.29, 1.82) is 0 Å². The standard InChI is InChI=1S/C16H25N3O4/c1-10(2)7-13(20)11-3-5-19(6-4-11)14(21)8-12-9-17-16(23)18-15(12)22/h9-11,13,20H,3-8H2,1-2H3,(H2,17,18,22,23). The number of hydrogen-bond donors (Lipinski definition) is 3. The molecular weight excluding hydrogens is 298 g/mol. The van der Waals surface area contributed by atoms with Gasteiger partial charge in [-0.2, -0.15) is 0 Å². The number of H-pyrrole nitrogens is 2. The number of likely N-dealkylation sites (tertiary alicyclic amines) is 1. The van der Waals surface area contributed by atoms with Crippen LogP contribution in [0.25, 0.3) is 0 Å². The second-order valence-electron chi connectivity index (χ2n) is 6.69. The number of aromatic nitrogens is 2. The summed E-state index contributed by atoms with van der Waals surface area (Å²) in [6.07, 6.45) is 3.30. The molecule has 0 radical (unpaired) electrons. The summed E-state index contributed by atoms with van der Waals surface area (Å²) in [4.78, 5) is 41.1. The van der Waals surface area contributed by atoms with Crippen LogP contribution in [0.4, 0.5) is 0 Å². The predicted molar refractivity (Wildman–Crippen MR) is 86.2 cm³/mol. The highest BCUT2D eigenvalue weighted by atomic mass is 16.3. The summed E-state index contributed by atoms with van der Waals surface area (Å²) in [5.41, 5.74) is -0.841. The van der Waals surface area contributed by atoms with Crippen LogP contribution >= 0.6 is 0 Å². The monoisotopic (exact) mass is 323 g/mol. The van der Waals surface area contributed by atoms with Crippen molar-refractivity contribution >= 4 is 5.91 Å². The van der Waals surface area contributed by atoms with Crippen molar-refractivity contribution in [2.24, 2.45) is 11.8 Å². The fraction of sp³-hybridized carbons (Fsp3) is 0.688. The number of aromatic amines is 2. The van der Waals surface area contributed by atoms with Crippen molar-refractivity contribution in [2.75, 3.05) is 13.1 Å². The topological polar surface area (TPSA) is 106 Å². The minimum atomic E-state index is -0.578. The number of aliphatic hydroxyl groups excluding tert-OH is 1. The zero-order valence-corrected chi connectivity index (χ0v) is 13.7. The summed E-state index contributed by atoms with van der Waals surface area (Å²) < 4.78 is 0. The number of nitrogens with zero attached hydrogens (tertiary/aromatic N) is 1. The van der Waals surface area contributed by atoms with Gasteiger partial charge in [-0.15, -0.1) is 0 Å². The van der Waals surface area contributed by atoms with E-state index in [-0.39, 0.29) is 29.9 Å². The van der Waals surface area contributed by atoms with Gasteiger partial charge in [-0.25, -0.2) is 4.79 Å². The van der Waals surface area contributed by atoms with Gasteiger partial charge in [-0.1, -0.05) is 13.8 Å². The molecule has 1 aliphatic heterocycles. The highest BCUT2D eigenvalue weighted by Gasteiger charge is 2.28. The predicted octanol–water partition coefficient (Wildman–Crippen LogP) is 0.251. The van der Waals surface area contributed by atoms with Crippen molar-refractivity contribution in [1.82, 2.24) is 14.9 Å². The first-order valence-corrected chi connectivity index (χ1v) is 8.13. The molecular formula is C16H25N3O4. The molecule has 0 aromatic carbocycles. The van der Waals surface area contributed by atoms with Crippen LogP contribution in [0, 0.1) is 11.8 Å². The highest BCUT2D eigenvalue weighted by molar-refractivity contribution is 5.78. The van der Waals surface area contributed by atoms with Crippen LogP contribution in [0.2, 0.25) is 0 Å². The Morgan fingerprint density at radius 1 is 1.35 bits per heavy atom. The molecule has 7 heteroatoms. The average Bonchev–Trinajstić information content (AvgIpc) is 2.49. The largest absolute Gasteiger partial charge is 0.393 e. The summed E-state index contributed by atoms with van der Waals surface area (Å²) in [5.74, 6) is 0.564. The van der Waals surface area contributed by atoms with E-state index in [1.807, 2.05) is 0 Å². The molecule has 1 unspecified atom stereocenters. The van der Waals surface area contributed by atoms with Gasteiger partial charge < -0.3 is 15.0 Å². The van der Waals surface area contributed by atoms with Crippen LogP contribution in [0.5, 0.6) is 0 Å². The second-order valence-corrected chi connectivity index (χ2v) is 6.69. The van der Waals surface area contributed by atoms with E-state index in [9.17, 15) is 19.5 Å². The van der Waals surface area contributed by atoms with E-state index in [4.69, 9.17) is 0 Å². The number of aliphatic hydroxyl groups is 1. The Labute approximate surface area is 134 Å². The Kier molecular flexibility index (Phi) is 5.76. The Morgan fingerprint density at radius 2 is 2.00 bits per heavy atom. The van der Waals surface area contributed by atoms with Gasteiger partial charge in [0.05, 0.1) is 12.5 Å². The van der Waals surface area contributed by atoms with Crippen LogP contribution < -0.4 is 11.2 Å². The van der Waals surface area contributed by atoms with Gasteiger partial charge in [-0.05, 0) is 31.1 Å². The number of amides is 1. The normalized spacial score (nSPS) is 17.5. The fourth-order valence-electron chi connectivity index (χ4n) is 3.05. The van der Waals surface area contributed by atoms with Crippen molar-refractivity contribution < 1.29 is 9.90 Å². The third-order valence-electron chi connectivity index (χ3n) is 4.39. The van der Waals surface area contributed by atoms with Gasteiger partial charge in [0.15, 0.2) is 0 Å². The van der Waals surface area contributed by atoms with Crippen molar-refractivity contribution in [2.45, 2.75) is 45.6 Å². The molecule has 128 valence electrons. The summed E-state index contributed by atoms with van der Waals surface area (Å²) in [6, 6.07) is 0. The maximum Gasteiger partial charge on any atom is 0.325 e. The molecule has 23 heavy (non-hydrogen) atoms. The van der Waals surface area contributed by atoms with Crippen LogP contribution in [-0.2, 0) is 11.2 Å². The molecule has 1 fully saturated rings. The van der Waals surface area contributed by atoms with E-state index >= 15 is 0 Å². The maximum atomic E-state index is 12.3. The molecule has 1 aliphatic rings. The lowest BCUT2D eigenvalue weighted by molar-refractivity contribution is -0.132. The number of nitrogens with one attached hydrogen (secondary N) is 2. The van der Waals surface area contributed by atoms with E-state index in [2.05, 4.69) is 23.8 Å². The molecule has 3 N–H and O–H groups in total. The lowest BCUT2D eigenvalue weighted by Gasteiger charge is -2.34. The minimum Gasteiger partial charge on any atom is -0.393 e. The molecule has 2 rings (SSSR count). The third kappa shape index (κ3) is 4.79. The molecule has 0 saturated carbocycles. The Hall–Kier alpha value is -1.89. The van der Waals surface area contributed by atoms with Gasteiger partial charge in [0, 0.05) is 24.8 Å². The molecule has 0 aliphatic carbocycles. The van der Waals surface area contributed by atoms with Crippen LogP contribution in [0.15, 0.2) is 15.8 Å². The van der Waals surface area contributed by atoms with Crippen molar-refractivity contribution in [3.05, 3.63) is 32.6 Å². The molecule has 1 aromatic rings. The summed E-state index contributed by atoms with van der Waals surface area (Å²) in [7, 11) is 0. The zero-order valence-electron chi connectivity index (χ0n) is 13.7. The molecule has 1 aromatic heterocycles. The van der Waals surface area contributed by atoms with E-state index in [0.717, 1.165) is 19.3 Å². The second kappa shape index (κ2) is 7.59. The summed E-state index contributed by atoms with van der Waals surface area (Å²) >= 11 is 0. The Bertz CT molecular complexity index is 641. The van der Waals surface area contributed by atoms with E-state index in [0.29, 0.717) is 19.0 Å². The number of hydrogen-bond acceptors (Lipinski definition) is 4. The molecule has 0 bridgehead atoms. The lowest BCUT2D eigenvalue weighted by atomic mass is 9.87. The highest BCUT2D eigenvalue weighted by Crippen LogP contribution is 2.24. The van der Waals surface area contributed by atoms with Crippen LogP contribution in [-0.4, -0.2) is 45.1 Å². The summed E-state index contributed by atoms with van der Waals surface area (Å²) in [5, 5.41) is 10.2. The van der Waals surface area contributed by atoms with Gasteiger partial charge in [-0.3, -0.25) is 14.6 Å². The average molecular weight is 323 g/mol. The maximum absolute atomic E-state index is 12.3. The summed E-state index contributed by atoms with van der Waals surface area (Å²) in [6.45, 7) is 5.37. The van der Waals surface area contributed by atoms with Gasteiger partial charge >= 0.3 is 5.69 Å². The fourth-order valence-corrected chi connectivity index (χ4v) is 3.05. The molecule has 7 nitrogen and oxygen atoms in total. The molecule has 1 atom stereocenters. The first kappa shape index (κ1) is 17.5. The van der Waals surface area contributed by atoms with Gasteiger partial charge in [0.1, 0.15) is 0 Å². The zero-order chi connectivity index (χ0) is 17.0. The van der Waals surface area contributed by atoms with Crippen molar-refractivity contribution in [3.63, 3.8) is 0 Å². The quantitative estimate of drug-likeness (QED) is 0.722. The Balaban J connectivity index is 1.88. The first-order valence-electron chi connectivity index (χ1n) is 8.13. The number of rotatable bonds is 5. The number of carbonyl (C=O) groups is 1. The van der Waals surface area contributed by atoms with Crippen LogP contribution in [0.1, 0.15) is 38.7 Å². The van der Waals surface area contributed by atoms with Crippen LogP contribution in [0.3, 0.4) is 0 Å². The lowest BCUT2D eigenvalue weighted by Crippen LogP contribution is -2.42. The smallest absolute Gasteiger partial charge is 0.325 e. The number of carbonyl (C=O) groups excluding carboxylic acids is 1. The molecule has 1 amide bonds. The minimum absolute atomic E-state index is 0.0225. The third-order valence-corrected chi connectivity index (χ3v) is 4.39. The van der Waals surface area contributed by atoms with E-state index < -0.39 is 11.2 Å². The first-order chi connectivity index (χ1) is 10.9. The Morgan fingerprint density at radius 3 is 2.57 bits per heavy atom. The van der Waals surface area contributed by atoms with Gasteiger partial charge in [0.25, 0.3) is 5.56 Å². The van der Waals surface area contributed by atoms with Gasteiger partial charge in [0.2, 0.25) is 5.91 Å². The number of piperidine rings is 1. The van der Waals surface area contributed by atoms with Crippen molar-refractivity contribution in [3.8, 4) is 0 Å². The molecule has 2 heterocycles. The van der Waals surface area contributed by atoms with E-state index in [1.54, 1.807) is 4.90 Å². The SMILES string of the molecule is CC(C)CC(O)C1CCN(C(=O)Cc2c[nH]c(=O)[nH]c2=O)CC1. The van der Waals surface area contributed by atoms with E-state index in [1.165, 1.54) is 6.20 Å². The molecule has 1 saturated heterocycles. The molecule has 0 spiro atoms.